The lowest BCUT2D eigenvalue weighted by Crippen LogP contribution is -1.78. The van der Waals surface area contributed by atoms with Crippen LogP contribution in [0.4, 0.5) is 0 Å². The maximum absolute atomic E-state index is 9.00. The highest BCUT2D eigenvalue weighted by molar-refractivity contribution is 5.62. The van der Waals surface area contributed by atoms with Crippen molar-refractivity contribution in [3.63, 3.8) is 0 Å². The smallest absolute Gasteiger partial charge is 0.300 e. The zero-order valence-corrected chi connectivity index (χ0v) is 7.63. The molecule has 1 N–H and O–H groups in total. The van der Waals surface area contributed by atoms with Crippen molar-refractivity contribution >= 4 is 5.97 Å². The van der Waals surface area contributed by atoms with Crippen LogP contribution in [0, 0.1) is 0 Å². The van der Waals surface area contributed by atoms with Gasteiger partial charge in [-0.2, -0.15) is 0 Å². The molecule has 0 spiro atoms. The standard InChI is InChI=1S/C7H14.C2H4O2/c1-3-5-7-6-4-2;1-2(3)4/h5,7H,3-4,6H2,1-2H3;1H3,(H,3,4)/b7-5+;. The second kappa shape index (κ2) is 11.9. The van der Waals surface area contributed by atoms with Crippen LogP contribution < -0.4 is 0 Å². The molecule has 0 radical (unpaired) electrons. The Hall–Kier alpha value is -0.790. The number of hydrogen-bond donors (Lipinski definition) is 1. The van der Waals surface area contributed by atoms with E-state index in [4.69, 9.17) is 9.90 Å². The SMILES string of the molecule is CC(=O)O.CC/C=C/CCC. The Balaban J connectivity index is 0. The zero-order valence-electron chi connectivity index (χ0n) is 7.63. The molecule has 2 nitrogen and oxygen atoms in total. The third kappa shape index (κ3) is 46.5. The molecule has 0 atom stereocenters. The highest BCUT2D eigenvalue weighted by atomic mass is 16.4. The summed E-state index contributed by atoms with van der Waals surface area (Å²) in [6, 6.07) is 0. The molecule has 0 fully saturated rings. The number of carbonyl (C=O) groups is 1. The quantitative estimate of drug-likeness (QED) is 0.641. The predicted octanol–water partition coefficient (Wildman–Crippen LogP) is 2.84. The summed E-state index contributed by atoms with van der Waals surface area (Å²) < 4.78 is 0. The Labute approximate surface area is 68.9 Å². The van der Waals surface area contributed by atoms with Crippen molar-refractivity contribution in [1.29, 1.82) is 0 Å². The summed E-state index contributed by atoms with van der Waals surface area (Å²) in [6.07, 6.45) is 8.15. The van der Waals surface area contributed by atoms with Crippen LogP contribution in [0.5, 0.6) is 0 Å². The molecular weight excluding hydrogens is 140 g/mol. The molecule has 66 valence electrons. The van der Waals surface area contributed by atoms with Gasteiger partial charge in [0, 0.05) is 6.92 Å². The van der Waals surface area contributed by atoms with E-state index in [1.807, 2.05) is 0 Å². The predicted molar refractivity (Wildman–Crippen MR) is 47.6 cm³/mol. The summed E-state index contributed by atoms with van der Waals surface area (Å²) in [5.41, 5.74) is 0. The first kappa shape index (κ1) is 12.8. The van der Waals surface area contributed by atoms with Gasteiger partial charge < -0.3 is 5.11 Å². The third-order valence-corrected chi connectivity index (χ3v) is 0.858. The monoisotopic (exact) mass is 158 g/mol. The Morgan fingerprint density at radius 3 is 2.09 bits per heavy atom. The van der Waals surface area contributed by atoms with Crippen molar-refractivity contribution in [2.75, 3.05) is 0 Å². The Morgan fingerprint density at radius 1 is 1.36 bits per heavy atom. The van der Waals surface area contributed by atoms with Crippen LogP contribution in [-0.2, 0) is 4.79 Å². The minimum Gasteiger partial charge on any atom is -0.481 e. The molecule has 0 aromatic carbocycles. The average molecular weight is 158 g/mol. The van der Waals surface area contributed by atoms with Crippen molar-refractivity contribution in [2.24, 2.45) is 0 Å². The molecule has 0 aliphatic carbocycles. The van der Waals surface area contributed by atoms with Gasteiger partial charge in [0.15, 0.2) is 0 Å². The molecule has 0 aliphatic rings. The van der Waals surface area contributed by atoms with Crippen LogP contribution in [0.15, 0.2) is 12.2 Å². The Kier molecular flexibility index (Phi) is 13.9. The van der Waals surface area contributed by atoms with Crippen molar-refractivity contribution in [3.05, 3.63) is 12.2 Å². The Bertz CT molecular complexity index is 102. The van der Waals surface area contributed by atoms with Crippen LogP contribution >= 0.6 is 0 Å². The Morgan fingerprint density at radius 2 is 1.82 bits per heavy atom. The highest BCUT2D eigenvalue weighted by Crippen LogP contribution is 1.88. The first-order valence-electron chi connectivity index (χ1n) is 3.99. The minimum atomic E-state index is -0.833. The van der Waals surface area contributed by atoms with Crippen LogP contribution in [0.25, 0.3) is 0 Å². The summed E-state index contributed by atoms with van der Waals surface area (Å²) in [7, 11) is 0. The summed E-state index contributed by atoms with van der Waals surface area (Å²) in [6.45, 7) is 5.44. The molecule has 2 heteroatoms. The van der Waals surface area contributed by atoms with Gasteiger partial charge in [0.25, 0.3) is 5.97 Å². The van der Waals surface area contributed by atoms with Gasteiger partial charge in [0.1, 0.15) is 0 Å². The van der Waals surface area contributed by atoms with Gasteiger partial charge in [-0.05, 0) is 12.8 Å². The van der Waals surface area contributed by atoms with Gasteiger partial charge in [-0.25, -0.2) is 0 Å². The number of rotatable bonds is 3. The third-order valence-electron chi connectivity index (χ3n) is 0.858. The number of allylic oxidation sites excluding steroid dienone is 2. The van der Waals surface area contributed by atoms with Crippen LogP contribution in [0.1, 0.15) is 40.0 Å². The van der Waals surface area contributed by atoms with Crippen molar-refractivity contribution in [2.45, 2.75) is 40.0 Å². The second-order valence-electron chi connectivity index (χ2n) is 2.19. The largest absolute Gasteiger partial charge is 0.481 e. The van der Waals surface area contributed by atoms with E-state index in [0.717, 1.165) is 6.92 Å². The van der Waals surface area contributed by atoms with Gasteiger partial charge in [-0.1, -0.05) is 32.4 Å². The van der Waals surface area contributed by atoms with E-state index in [1.165, 1.54) is 19.3 Å². The van der Waals surface area contributed by atoms with Gasteiger partial charge >= 0.3 is 0 Å². The normalized spacial score (nSPS) is 9.00. The van der Waals surface area contributed by atoms with E-state index >= 15 is 0 Å². The number of carboxylic acids is 1. The first-order valence-corrected chi connectivity index (χ1v) is 3.99. The van der Waals surface area contributed by atoms with E-state index in [0.29, 0.717) is 0 Å². The lowest BCUT2D eigenvalue weighted by atomic mass is 10.3. The molecule has 0 aliphatic heterocycles. The van der Waals surface area contributed by atoms with E-state index in [2.05, 4.69) is 26.0 Å². The zero-order chi connectivity index (χ0) is 9.11. The molecule has 0 amide bonds. The minimum absolute atomic E-state index is 0.833. The molecule has 0 unspecified atom stereocenters. The molecule has 0 rings (SSSR count). The number of hydrogen-bond acceptors (Lipinski definition) is 1. The maximum atomic E-state index is 9.00. The van der Waals surface area contributed by atoms with E-state index in [1.54, 1.807) is 0 Å². The fraction of sp³-hybridized carbons (Fsp3) is 0.667. The molecule has 0 saturated carbocycles. The topological polar surface area (TPSA) is 37.3 Å². The van der Waals surface area contributed by atoms with Gasteiger partial charge in [-0.15, -0.1) is 0 Å². The second-order valence-corrected chi connectivity index (χ2v) is 2.19. The summed E-state index contributed by atoms with van der Waals surface area (Å²) >= 11 is 0. The molecule has 0 saturated heterocycles. The van der Waals surface area contributed by atoms with E-state index in [9.17, 15) is 0 Å². The molecule has 0 bridgehead atoms. The lowest BCUT2D eigenvalue weighted by molar-refractivity contribution is -0.134. The van der Waals surface area contributed by atoms with Gasteiger partial charge in [0.2, 0.25) is 0 Å². The molecule has 0 aromatic rings. The number of carboxylic acid groups (broad SMARTS) is 1. The molecular formula is C9H18O2. The van der Waals surface area contributed by atoms with Crippen LogP contribution in [-0.4, -0.2) is 11.1 Å². The fourth-order valence-corrected chi connectivity index (χ4v) is 0.451. The fourth-order valence-electron chi connectivity index (χ4n) is 0.451. The van der Waals surface area contributed by atoms with Crippen LogP contribution in [0.3, 0.4) is 0 Å². The van der Waals surface area contributed by atoms with Crippen molar-refractivity contribution < 1.29 is 9.90 Å². The molecule has 0 heterocycles. The lowest BCUT2D eigenvalue weighted by Gasteiger charge is -1.79. The first-order chi connectivity index (χ1) is 5.15. The molecule has 0 aromatic heterocycles. The van der Waals surface area contributed by atoms with Crippen LogP contribution in [0.2, 0.25) is 0 Å². The van der Waals surface area contributed by atoms with Crippen molar-refractivity contribution in [1.82, 2.24) is 0 Å². The van der Waals surface area contributed by atoms with Gasteiger partial charge in [0.05, 0.1) is 0 Å². The maximum Gasteiger partial charge on any atom is 0.300 e. The summed E-state index contributed by atoms with van der Waals surface area (Å²) in [5, 5.41) is 7.42. The summed E-state index contributed by atoms with van der Waals surface area (Å²) in [4.78, 5) is 9.00. The average Bonchev–Trinajstić information content (AvgIpc) is 1.88. The van der Waals surface area contributed by atoms with E-state index < -0.39 is 5.97 Å². The number of unbranched alkanes of at least 4 members (excludes halogenated alkanes) is 1. The summed E-state index contributed by atoms with van der Waals surface area (Å²) in [5.74, 6) is -0.833. The van der Waals surface area contributed by atoms with Gasteiger partial charge in [-0.3, -0.25) is 4.79 Å². The highest BCUT2D eigenvalue weighted by Gasteiger charge is 1.68. The van der Waals surface area contributed by atoms with Crippen molar-refractivity contribution in [3.8, 4) is 0 Å². The number of aliphatic carboxylic acids is 1. The molecule has 11 heavy (non-hydrogen) atoms. The van der Waals surface area contributed by atoms with E-state index in [-0.39, 0.29) is 0 Å².